The molecule has 3 N–H and O–H groups in total. The lowest BCUT2D eigenvalue weighted by Crippen LogP contribution is -1.98. The maximum absolute atomic E-state index is 10.2. The number of hydrogen-bond donors (Lipinski definition) is 2. The molecule has 12 heavy (non-hydrogen) atoms. The number of nitrogens with zero attached hydrogens (tertiary/aromatic N) is 1. The second-order valence-corrected chi connectivity index (χ2v) is 2.48. The van der Waals surface area contributed by atoms with Gasteiger partial charge in [-0.15, -0.1) is 0 Å². The number of carboxylic acid groups (broad SMARTS) is 1. The van der Waals surface area contributed by atoms with Crippen LogP contribution >= 0.6 is 0 Å². The molecule has 4 heteroatoms. The van der Waals surface area contributed by atoms with Crippen molar-refractivity contribution in [1.29, 1.82) is 0 Å². The van der Waals surface area contributed by atoms with Crippen LogP contribution < -0.4 is 5.73 Å². The van der Waals surface area contributed by atoms with Crippen molar-refractivity contribution >= 4 is 11.8 Å². The Morgan fingerprint density at radius 2 is 2.42 bits per heavy atom. The van der Waals surface area contributed by atoms with Gasteiger partial charge in [-0.1, -0.05) is 0 Å². The molecule has 0 unspecified atom stereocenters. The van der Waals surface area contributed by atoms with Crippen LogP contribution in [0.4, 0.5) is 5.82 Å². The molecule has 0 saturated heterocycles. The predicted octanol–water partition coefficient (Wildman–Crippen LogP) is 0.681. The number of pyridine rings is 1. The summed E-state index contributed by atoms with van der Waals surface area (Å²) in [5, 5.41) is 8.40. The van der Waals surface area contributed by atoms with Crippen molar-refractivity contribution < 1.29 is 9.90 Å². The van der Waals surface area contributed by atoms with Gasteiger partial charge in [0.25, 0.3) is 0 Å². The summed E-state index contributed by atoms with van der Waals surface area (Å²) in [7, 11) is 0. The Kier molecular flexibility index (Phi) is 2.63. The Morgan fingerprint density at radius 1 is 1.67 bits per heavy atom. The summed E-state index contributed by atoms with van der Waals surface area (Å²) in [5.41, 5.74) is 6.31. The van der Waals surface area contributed by atoms with Gasteiger partial charge in [-0.2, -0.15) is 0 Å². The van der Waals surface area contributed by atoms with E-state index in [1.807, 2.05) is 0 Å². The van der Waals surface area contributed by atoms with Crippen LogP contribution in [0.3, 0.4) is 0 Å². The third-order valence-corrected chi connectivity index (χ3v) is 1.47. The molecule has 0 aliphatic carbocycles. The molecule has 0 saturated carbocycles. The van der Waals surface area contributed by atoms with Crippen LogP contribution in [0.15, 0.2) is 18.3 Å². The summed E-state index contributed by atoms with van der Waals surface area (Å²) in [6.07, 6.45) is 2.21. The molecule has 1 aromatic rings. The molecule has 0 bridgehead atoms. The maximum atomic E-state index is 10.2. The number of carbonyl (C=O) groups is 1. The van der Waals surface area contributed by atoms with Gasteiger partial charge in [-0.3, -0.25) is 4.79 Å². The van der Waals surface area contributed by atoms with Gasteiger partial charge < -0.3 is 10.8 Å². The van der Waals surface area contributed by atoms with E-state index in [1.165, 1.54) is 0 Å². The first kappa shape index (κ1) is 8.52. The molecule has 1 rings (SSSR count). The van der Waals surface area contributed by atoms with Crippen molar-refractivity contribution in [2.75, 3.05) is 5.73 Å². The van der Waals surface area contributed by atoms with Crippen LogP contribution in [0.1, 0.15) is 12.0 Å². The predicted molar refractivity (Wildman–Crippen MR) is 44.6 cm³/mol. The van der Waals surface area contributed by atoms with Crippen LogP contribution in [0.2, 0.25) is 0 Å². The molecule has 0 radical (unpaired) electrons. The van der Waals surface area contributed by atoms with E-state index in [0.717, 1.165) is 5.56 Å². The fraction of sp³-hybridized carbons (Fsp3) is 0.250. The van der Waals surface area contributed by atoms with E-state index in [4.69, 9.17) is 10.8 Å². The number of anilines is 1. The van der Waals surface area contributed by atoms with Crippen LogP contribution in [-0.4, -0.2) is 16.1 Å². The quantitative estimate of drug-likeness (QED) is 0.692. The molecule has 1 aromatic heterocycles. The van der Waals surface area contributed by atoms with E-state index in [0.29, 0.717) is 12.2 Å². The van der Waals surface area contributed by atoms with Gasteiger partial charge in [0.1, 0.15) is 5.82 Å². The second-order valence-electron chi connectivity index (χ2n) is 2.48. The molecular formula is C8H10N2O2. The highest BCUT2D eigenvalue weighted by molar-refractivity contribution is 5.67. The minimum absolute atomic E-state index is 0.128. The molecule has 4 nitrogen and oxygen atoms in total. The molecule has 64 valence electrons. The fourth-order valence-corrected chi connectivity index (χ4v) is 0.901. The Labute approximate surface area is 70.0 Å². The van der Waals surface area contributed by atoms with Crippen molar-refractivity contribution in [3.05, 3.63) is 23.9 Å². The van der Waals surface area contributed by atoms with Crippen molar-refractivity contribution in [2.24, 2.45) is 0 Å². The standard InChI is InChI=1S/C8H10N2O2/c9-7-5-6(3-4-10-7)1-2-8(11)12/h3-5H,1-2H2,(H2,9,10)(H,11,12). The summed E-state index contributed by atoms with van der Waals surface area (Å²) in [6, 6.07) is 3.45. The van der Waals surface area contributed by atoms with Crippen molar-refractivity contribution in [3.63, 3.8) is 0 Å². The molecule has 0 aliphatic rings. The van der Waals surface area contributed by atoms with Gasteiger partial charge in [0, 0.05) is 12.6 Å². The van der Waals surface area contributed by atoms with Crippen molar-refractivity contribution in [1.82, 2.24) is 4.98 Å². The minimum atomic E-state index is -0.801. The van der Waals surface area contributed by atoms with Gasteiger partial charge in [0.15, 0.2) is 0 Å². The number of nitrogens with two attached hydrogens (primary N) is 1. The number of nitrogen functional groups attached to an aromatic ring is 1. The Balaban J connectivity index is 2.57. The second kappa shape index (κ2) is 3.71. The van der Waals surface area contributed by atoms with E-state index in [2.05, 4.69) is 4.98 Å². The van der Waals surface area contributed by atoms with E-state index in [1.54, 1.807) is 18.3 Å². The smallest absolute Gasteiger partial charge is 0.303 e. The van der Waals surface area contributed by atoms with Gasteiger partial charge in [-0.05, 0) is 24.1 Å². The highest BCUT2D eigenvalue weighted by Gasteiger charge is 1.98. The average molecular weight is 166 g/mol. The first-order chi connectivity index (χ1) is 5.68. The highest BCUT2D eigenvalue weighted by Crippen LogP contribution is 2.05. The van der Waals surface area contributed by atoms with Gasteiger partial charge >= 0.3 is 5.97 Å². The van der Waals surface area contributed by atoms with Crippen LogP contribution in [0.5, 0.6) is 0 Å². The lowest BCUT2D eigenvalue weighted by atomic mass is 10.1. The van der Waals surface area contributed by atoms with Gasteiger partial charge in [0.2, 0.25) is 0 Å². The molecular weight excluding hydrogens is 156 g/mol. The SMILES string of the molecule is Nc1cc(CCC(=O)O)ccn1. The van der Waals surface area contributed by atoms with Crippen molar-refractivity contribution in [2.45, 2.75) is 12.8 Å². The summed E-state index contributed by atoms with van der Waals surface area (Å²) in [6.45, 7) is 0. The molecule has 1 heterocycles. The normalized spacial score (nSPS) is 9.67. The zero-order chi connectivity index (χ0) is 8.97. The van der Waals surface area contributed by atoms with Crippen LogP contribution in [0.25, 0.3) is 0 Å². The third kappa shape index (κ3) is 2.57. The molecule has 0 spiro atoms. The van der Waals surface area contributed by atoms with Crippen molar-refractivity contribution in [3.8, 4) is 0 Å². The Morgan fingerprint density at radius 3 is 3.00 bits per heavy atom. The summed E-state index contributed by atoms with van der Waals surface area (Å²) < 4.78 is 0. The molecule has 0 aromatic carbocycles. The van der Waals surface area contributed by atoms with E-state index in [9.17, 15) is 4.79 Å². The van der Waals surface area contributed by atoms with E-state index >= 15 is 0 Å². The van der Waals surface area contributed by atoms with Crippen LogP contribution in [0, 0.1) is 0 Å². The lowest BCUT2D eigenvalue weighted by molar-refractivity contribution is -0.136. The number of hydrogen-bond acceptors (Lipinski definition) is 3. The summed E-state index contributed by atoms with van der Waals surface area (Å²) in [5.74, 6) is -0.372. The van der Waals surface area contributed by atoms with E-state index < -0.39 is 5.97 Å². The number of aryl methyl sites for hydroxylation is 1. The maximum Gasteiger partial charge on any atom is 0.303 e. The number of aromatic nitrogens is 1. The van der Waals surface area contributed by atoms with Gasteiger partial charge in [-0.25, -0.2) is 4.98 Å². The zero-order valence-electron chi connectivity index (χ0n) is 6.53. The van der Waals surface area contributed by atoms with Gasteiger partial charge in [0.05, 0.1) is 0 Å². The van der Waals surface area contributed by atoms with E-state index in [-0.39, 0.29) is 6.42 Å². The summed E-state index contributed by atoms with van der Waals surface area (Å²) >= 11 is 0. The first-order valence-electron chi connectivity index (χ1n) is 3.60. The van der Waals surface area contributed by atoms with Crippen LogP contribution in [-0.2, 0) is 11.2 Å². The zero-order valence-corrected chi connectivity index (χ0v) is 6.53. The monoisotopic (exact) mass is 166 g/mol. The average Bonchev–Trinajstić information content (AvgIpc) is 2.01. The topological polar surface area (TPSA) is 76.2 Å². The molecule has 0 aliphatic heterocycles. The number of carboxylic acids is 1. The first-order valence-corrected chi connectivity index (χ1v) is 3.60. The lowest BCUT2D eigenvalue weighted by Gasteiger charge is -1.98. The molecule has 0 atom stereocenters. The largest absolute Gasteiger partial charge is 0.481 e. The fourth-order valence-electron chi connectivity index (χ4n) is 0.901. The number of rotatable bonds is 3. The number of aliphatic carboxylic acids is 1. The Bertz CT molecular complexity index is 286. The molecule has 0 fully saturated rings. The highest BCUT2D eigenvalue weighted by atomic mass is 16.4. The minimum Gasteiger partial charge on any atom is -0.481 e. The summed E-state index contributed by atoms with van der Waals surface area (Å²) in [4.78, 5) is 14.0. The Hall–Kier alpha value is -1.58. The molecule has 0 amide bonds. The third-order valence-electron chi connectivity index (χ3n) is 1.47.